The van der Waals surface area contributed by atoms with Crippen LogP contribution in [-0.4, -0.2) is 29.5 Å². The molecular formula is C34H46Cl2N4O2S. The normalized spacial score (nSPS) is 13.5. The van der Waals surface area contributed by atoms with Gasteiger partial charge in [0.1, 0.15) is 11.0 Å². The van der Waals surface area contributed by atoms with Crippen molar-refractivity contribution in [1.82, 2.24) is 5.32 Å². The predicted molar refractivity (Wildman–Crippen MR) is 192 cm³/mol. The Bertz CT molecular complexity index is 1330. The zero-order chi connectivity index (χ0) is 32.2. The number of carbonyl (C=O) groups excluding carboxylic acids is 1. The molecule has 1 aliphatic heterocycles. The molecule has 3 aromatic carbocycles. The molecule has 1 saturated heterocycles. The highest BCUT2D eigenvalue weighted by molar-refractivity contribution is 7.86. The second-order valence-corrected chi connectivity index (χ2v) is 11.9. The lowest BCUT2D eigenvalue weighted by atomic mass is 10.1. The maximum atomic E-state index is 12.7. The van der Waals surface area contributed by atoms with Gasteiger partial charge < -0.3 is 16.4 Å². The molecule has 3 aromatic rings. The SMILES string of the molecule is C=CC(=C)Cl.C=CNC.CCCCCC.Nc1cccc2c(NC(=O)c3ccc(N4CCCCS4=O)cc3)ccc(Cl)c12. The third-order valence-electron chi connectivity index (χ3n) is 6.25. The first-order valence-corrected chi connectivity index (χ1v) is 16.5. The zero-order valence-electron chi connectivity index (χ0n) is 25.6. The number of nitrogens with one attached hydrogen (secondary N) is 2. The number of hydrogen-bond acceptors (Lipinski definition) is 4. The van der Waals surface area contributed by atoms with Crippen molar-refractivity contribution in [3.8, 4) is 0 Å². The van der Waals surface area contributed by atoms with Crippen LogP contribution in [0.5, 0.6) is 0 Å². The lowest BCUT2D eigenvalue weighted by molar-refractivity contribution is 0.102. The average molecular weight is 646 g/mol. The summed E-state index contributed by atoms with van der Waals surface area (Å²) >= 11 is 11.4. The second-order valence-electron chi connectivity index (χ2n) is 9.55. The van der Waals surface area contributed by atoms with Gasteiger partial charge in [0.25, 0.3) is 5.91 Å². The summed E-state index contributed by atoms with van der Waals surface area (Å²) in [6.45, 7) is 15.3. The summed E-state index contributed by atoms with van der Waals surface area (Å²) in [6.07, 6.45) is 10.7. The Morgan fingerprint density at radius 1 is 1.05 bits per heavy atom. The maximum Gasteiger partial charge on any atom is 0.255 e. The van der Waals surface area contributed by atoms with Crippen LogP contribution in [-0.2, 0) is 11.0 Å². The summed E-state index contributed by atoms with van der Waals surface area (Å²) in [5.74, 6) is 0.465. The van der Waals surface area contributed by atoms with Crippen molar-refractivity contribution in [3.05, 3.63) is 102 Å². The lowest BCUT2D eigenvalue weighted by Gasteiger charge is -2.27. The van der Waals surface area contributed by atoms with E-state index in [1.807, 2.05) is 35.6 Å². The van der Waals surface area contributed by atoms with E-state index in [1.165, 1.54) is 31.8 Å². The van der Waals surface area contributed by atoms with Crippen LogP contribution in [0, 0.1) is 0 Å². The van der Waals surface area contributed by atoms with Crippen LogP contribution in [0.1, 0.15) is 62.7 Å². The van der Waals surface area contributed by atoms with Gasteiger partial charge in [-0.05, 0) is 61.5 Å². The Kier molecular flexibility index (Phi) is 18.8. The van der Waals surface area contributed by atoms with E-state index >= 15 is 0 Å². The smallest absolute Gasteiger partial charge is 0.255 e. The number of carbonyl (C=O) groups is 1. The first-order chi connectivity index (χ1) is 20.6. The number of nitrogens with zero attached hydrogens (tertiary/aromatic N) is 1. The topological polar surface area (TPSA) is 87.5 Å². The predicted octanol–water partition coefficient (Wildman–Crippen LogP) is 9.45. The molecule has 0 saturated carbocycles. The Morgan fingerprint density at radius 2 is 1.65 bits per heavy atom. The number of nitrogen functional groups attached to an aromatic ring is 1. The highest BCUT2D eigenvalue weighted by Gasteiger charge is 2.19. The Balaban J connectivity index is 0.000000513. The van der Waals surface area contributed by atoms with Crippen LogP contribution in [0.25, 0.3) is 10.8 Å². The third-order valence-corrected chi connectivity index (χ3v) is 8.24. The van der Waals surface area contributed by atoms with Crippen molar-refractivity contribution in [2.24, 2.45) is 0 Å². The van der Waals surface area contributed by atoms with Gasteiger partial charge in [-0.25, -0.2) is 4.21 Å². The minimum atomic E-state index is -0.990. The van der Waals surface area contributed by atoms with Crippen molar-refractivity contribution in [3.63, 3.8) is 0 Å². The lowest BCUT2D eigenvalue weighted by Crippen LogP contribution is -2.32. The molecule has 0 aliphatic carbocycles. The number of unbranched alkanes of at least 4 members (excludes halogenated alkanes) is 3. The van der Waals surface area contributed by atoms with E-state index in [1.54, 1.807) is 36.5 Å². The summed E-state index contributed by atoms with van der Waals surface area (Å²) in [5, 5.41) is 8.19. The quantitative estimate of drug-likeness (QED) is 0.129. The average Bonchev–Trinajstić information content (AvgIpc) is 3.02. The number of allylic oxidation sites excluding steroid dienone is 2. The Labute approximate surface area is 270 Å². The molecule has 4 N–H and O–H groups in total. The molecule has 1 heterocycles. The summed E-state index contributed by atoms with van der Waals surface area (Å²) in [6, 6.07) is 16.2. The van der Waals surface area contributed by atoms with E-state index in [9.17, 15) is 9.00 Å². The molecule has 0 radical (unpaired) electrons. The molecule has 43 heavy (non-hydrogen) atoms. The summed E-state index contributed by atoms with van der Waals surface area (Å²) in [5.41, 5.74) is 8.66. The van der Waals surface area contributed by atoms with Gasteiger partial charge in [-0.15, -0.1) is 0 Å². The molecule has 6 nitrogen and oxygen atoms in total. The highest BCUT2D eigenvalue weighted by Crippen LogP contribution is 2.34. The van der Waals surface area contributed by atoms with Crippen LogP contribution >= 0.6 is 23.2 Å². The van der Waals surface area contributed by atoms with Crippen molar-refractivity contribution < 1.29 is 9.00 Å². The van der Waals surface area contributed by atoms with Crippen LogP contribution in [0.4, 0.5) is 17.1 Å². The van der Waals surface area contributed by atoms with Gasteiger partial charge in [-0.3, -0.25) is 9.10 Å². The van der Waals surface area contributed by atoms with Crippen molar-refractivity contribution in [1.29, 1.82) is 0 Å². The summed E-state index contributed by atoms with van der Waals surface area (Å²) in [7, 11) is 0.823. The molecule has 1 fully saturated rings. The molecule has 0 aromatic heterocycles. The van der Waals surface area contributed by atoms with Crippen molar-refractivity contribution in [2.75, 3.05) is 34.7 Å². The fraction of sp³-hybridized carbons (Fsp3) is 0.324. The Morgan fingerprint density at radius 3 is 2.16 bits per heavy atom. The maximum absolute atomic E-state index is 12.7. The highest BCUT2D eigenvalue weighted by atomic mass is 35.5. The van der Waals surface area contributed by atoms with Crippen molar-refractivity contribution in [2.45, 2.75) is 52.4 Å². The molecule has 1 unspecified atom stereocenters. The first kappa shape index (κ1) is 37.8. The summed E-state index contributed by atoms with van der Waals surface area (Å²) in [4.78, 5) is 12.7. The fourth-order valence-electron chi connectivity index (χ4n) is 3.91. The molecule has 1 amide bonds. The van der Waals surface area contributed by atoms with E-state index in [4.69, 9.17) is 28.9 Å². The Hall–Kier alpha value is -3.26. The first-order valence-electron chi connectivity index (χ1n) is 14.4. The number of anilines is 3. The molecule has 0 bridgehead atoms. The number of amides is 1. The molecule has 234 valence electrons. The summed E-state index contributed by atoms with van der Waals surface area (Å²) < 4.78 is 14.1. The van der Waals surface area contributed by atoms with Gasteiger partial charge in [0.05, 0.1) is 5.02 Å². The fourth-order valence-corrected chi connectivity index (χ4v) is 5.55. The monoisotopic (exact) mass is 644 g/mol. The number of nitrogens with two attached hydrogens (primary N) is 1. The third kappa shape index (κ3) is 13.3. The standard InChI is InChI=1S/C21H20ClN3O2S.C6H14.C4H5Cl.C3H7N/c22-17-10-11-19(16-4-3-5-18(23)20(16)17)24-21(26)14-6-8-15(9-7-14)25-12-1-2-13-28(25)27;1-3-5-6-4-2;1-3-4(2)5;1-3-4-2/h3-11H,1-2,12-13,23H2,(H,24,26);3-6H2,1-2H3;3H,1-2H2;3-4H,1H2,2H3. The van der Waals surface area contributed by atoms with E-state index in [-0.39, 0.29) is 5.91 Å². The van der Waals surface area contributed by atoms with Gasteiger partial charge in [0.15, 0.2) is 0 Å². The van der Waals surface area contributed by atoms with E-state index in [0.29, 0.717) is 32.7 Å². The van der Waals surface area contributed by atoms with Crippen LogP contribution in [0.2, 0.25) is 5.02 Å². The van der Waals surface area contributed by atoms with Gasteiger partial charge >= 0.3 is 0 Å². The minimum absolute atomic E-state index is 0.225. The number of rotatable bonds is 8. The van der Waals surface area contributed by atoms with Gasteiger partial charge in [0.2, 0.25) is 0 Å². The molecule has 0 spiro atoms. The second kappa shape index (κ2) is 21.4. The van der Waals surface area contributed by atoms with E-state index < -0.39 is 11.0 Å². The van der Waals surface area contributed by atoms with Gasteiger partial charge in [-0.2, -0.15) is 0 Å². The van der Waals surface area contributed by atoms with Crippen LogP contribution in [0.3, 0.4) is 0 Å². The molecule has 4 rings (SSSR count). The zero-order valence-corrected chi connectivity index (χ0v) is 28.0. The molecule has 9 heteroatoms. The van der Waals surface area contributed by atoms with E-state index in [2.05, 4.69) is 44.2 Å². The number of hydrogen-bond donors (Lipinski definition) is 3. The molecule has 1 aliphatic rings. The van der Waals surface area contributed by atoms with E-state index in [0.717, 1.165) is 35.8 Å². The van der Waals surface area contributed by atoms with Crippen LogP contribution in [0.15, 0.2) is 91.6 Å². The number of halogens is 2. The largest absolute Gasteiger partial charge is 0.398 e. The van der Waals surface area contributed by atoms with Crippen LogP contribution < -0.4 is 20.7 Å². The number of benzene rings is 3. The molecule has 1 atom stereocenters. The number of fused-ring (bicyclic) bond motifs is 1. The molecular weight excluding hydrogens is 599 g/mol. The van der Waals surface area contributed by atoms with Gasteiger partial charge in [-0.1, -0.05) is 101 Å². The van der Waals surface area contributed by atoms with Crippen molar-refractivity contribution >= 4 is 67.9 Å². The van der Waals surface area contributed by atoms with Gasteiger partial charge in [0, 0.05) is 57.8 Å². The minimum Gasteiger partial charge on any atom is -0.398 e.